The quantitative estimate of drug-likeness (QED) is 0.374. The molecule has 4 atom stereocenters. The average Bonchev–Trinajstić information content (AvgIpc) is 3.63. The van der Waals surface area contributed by atoms with Crippen molar-refractivity contribution in [3.8, 4) is 0 Å². The molecule has 2 aromatic rings. The molecule has 4 saturated heterocycles. The number of sulfone groups is 1. The van der Waals surface area contributed by atoms with Gasteiger partial charge in [-0.15, -0.1) is 0 Å². The Morgan fingerprint density at radius 2 is 1.17 bits per heavy atom. The van der Waals surface area contributed by atoms with Crippen molar-refractivity contribution in [1.82, 2.24) is 0 Å². The van der Waals surface area contributed by atoms with Crippen molar-refractivity contribution < 1.29 is 27.4 Å². The molecule has 2 aromatic carbocycles. The molecule has 0 radical (unpaired) electrons. The highest BCUT2D eigenvalue weighted by molar-refractivity contribution is 7.91. The predicted molar refractivity (Wildman–Crippen MR) is 130 cm³/mol. The Morgan fingerprint density at radius 1 is 0.714 bits per heavy atom. The number of anilines is 2. The fourth-order valence-corrected chi connectivity index (χ4v) is 7.26. The zero-order valence-electron chi connectivity index (χ0n) is 20.1. The molecule has 0 amide bonds. The second kappa shape index (κ2) is 8.45. The van der Waals surface area contributed by atoms with Gasteiger partial charge in [-0.25, -0.2) is 8.42 Å². The Morgan fingerprint density at radius 3 is 1.69 bits per heavy atom. The number of ether oxygens (including phenoxy) is 4. The fourth-order valence-electron chi connectivity index (χ4n) is 5.21. The van der Waals surface area contributed by atoms with E-state index in [-0.39, 0.29) is 29.3 Å². The molecule has 4 N–H and O–H groups in total. The molecule has 0 aliphatic carbocycles. The van der Waals surface area contributed by atoms with Crippen molar-refractivity contribution >= 4 is 21.2 Å². The largest absolute Gasteiger partial charge is 0.398 e. The molecule has 4 heterocycles. The summed E-state index contributed by atoms with van der Waals surface area (Å²) in [5.74, 6) is 0. The van der Waals surface area contributed by atoms with Crippen LogP contribution in [0.25, 0.3) is 0 Å². The third-order valence-corrected chi connectivity index (χ3v) is 9.67. The molecule has 0 bridgehead atoms. The van der Waals surface area contributed by atoms with Crippen LogP contribution in [0.2, 0.25) is 0 Å². The smallest absolute Gasteiger partial charge is 0.207 e. The van der Waals surface area contributed by atoms with E-state index in [9.17, 15) is 8.42 Å². The highest BCUT2D eigenvalue weighted by atomic mass is 32.2. The summed E-state index contributed by atoms with van der Waals surface area (Å²) in [6.45, 7) is 6.36. The summed E-state index contributed by atoms with van der Waals surface area (Å²) in [5.41, 5.74) is 19.0. The van der Waals surface area contributed by atoms with E-state index >= 15 is 0 Å². The Balaban J connectivity index is 1.54. The Bertz CT molecular complexity index is 1290. The third-order valence-electron chi connectivity index (χ3n) is 7.56. The molecular formula is C26H32N2O6S. The molecule has 8 nitrogen and oxygen atoms in total. The summed E-state index contributed by atoms with van der Waals surface area (Å²) in [7, 11) is -3.89. The summed E-state index contributed by atoms with van der Waals surface area (Å²) in [4.78, 5) is 0.644. The molecule has 188 valence electrons. The van der Waals surface area contributed by atoms with Crippen LogP contribution in [-0.2, 0) is 54.5 Å². The van der Waals surface area contributed by atoms with Gasteiger partial charge in [0, 0.05) is 37.1 Å². The lowest BCUT2D eigenvalue weighted by molar-refractivity contribution is 0.400. The van der Waals surface area contributed by atoms with E-state index in [4.69, 9.17) is 30.4 Å². The van der Waals surface area contributed by atoms with Gasteiger partial charge in [0.25, 0.3) is 0 Å². The minimum Gasteiger partial charge on any atom is -0.398 e. The van der Waals surface area contributed by atoms with E-state index in [1.54, 1.807) is 12.1 Å². The Hall–Kier alpha value is -2.17. The molecule has 35 heavy (non-hydrogen) atoms. The number of nitrogens with two attached hydrogens (primary N) is 2. The minimum atomic E-state index is -3.89. The van der Waals surface area contributed by atoms with Gasteiger partial charge >= 0.3 is 0 Å². The first-order valence-electron chi connectivity index (χ1n) is 12.3. The number of hydrogen-bond donors (Lipinski definition) is 2. The fraction of sp³-hybridized carbons (Fsp3) is 0.538. The van der Waals surface area contributed by atoms with Gasteiger partial charge in [0.15, 0.2) is 0 Å². The zero-order chi connectivity index (χ0) is 24.5. The number of epoxide rings is 4. The SMILES string of the molecule is Cc1c(S(=O)(=O)c2c(C)c(CC3CO3)c(N)c(CC3CO3)c2CC2CO2)ccc(N)c1CC1CO1. The maximum atomic E-state index is 14.5. The monoisotopic (exact) mass is 500 g/mol. The average molecular weight is 501 g/mol. The lowest BCUT2D eigenvalue weighted by Gasteiger charge is -2.24. The van der Waals surface area contributed by atoms with E-state index in [0.717, 1.165) is 22.3 Å². The second-order valence-electron chi connectivity index (χ2n) is 10.2. The number of benzene rings is 2. The van der Waals surface area contributed by atoms with Crippen LogP contribution >= 0.6 is 0 Å². The first kappa shape index (κ1) is 23.2. The number of rotatable bonds is 10. The van der Waals surface area contributed by atoms with Crippen LogP contribution in [0.1, 0.15) is 33.4 Å². The van der Waals surface area contributed by atoms with Gasteiger partial charge in [-0.2, -0.15) is 0 Å². The first-order valence-corrected chi connectivity index (χ1v) is 13.7. The van der Waals surface area contributed by atoms with Crippen LogP contribution in [0.3, 0.4) is 0 Å². The van der Waals surface area contributed by atoms with Gasteiger partial charge < -0.3 is 30.4 Å². The second-order valence-corrected chi connectivity index (χ2v) is 12.1. The van der Waals surface area contributed by atoms with Gasteiger partial charge in [-0.3, -0.25) is 0 Å². The molecule has 6 rings (SSSR count). The Labute approximate surface area is 205 Å². The molecular weight excluding hydrogens is 468 g/mol. The summed E-state index contributed by atoms with van der Waals surface area (Å²) in [6, 6.07) is 3.34. The maximum absolute atomic E-state index is 14.5. The predicted octanol–water partition coefficient (Wildman–Crippen LogP) is 2.07. The molecule has 0 spiro atoms. The van der Waals surface area contributed by atoms with Crippen LogP contribution in [0.15, 0.2) is 21.9 Å². The van der Waals surface area contributed by atoms with Gasteiger partial charge in [0.2, 0.25) is 9.84 Å². The van der Waals surface area contributed by atoms with E-state index in [2.05, 4.69) is 0 Å². The van der Waals surface area contributed by atoms with Crippen LogP contribution < -0.4 is 11.5 Å². The van der Waals surface area contributed by atoms with E-state index < -0.39 is 9.84 Å². The highest BCUT2D eigenvalue weighted by Crippen LogP contribution is 2.42. The Kier molecular flexibility index (Phi) is 5.61. The van der Waals surface area contributed by atoms with Crippen LogP contribution in [0, 0.1) is 13.8 Å². The van der Waals surface area contributed by atoms with E-state index in [0.29, 0.717) is 79.5 Å². The molecule has 4 unspecified atom stereocenters. The standard InChI is InChI=1S/C26H32N2O6S/c1-13-19(5-15-9-31-15)23(27)3-4-24(13)35(29,30)26-14(2)20(6-16-10-32-16)25(28)21(7-17-11-33-17)22(26)8-18-12-34-18/h3-4,15-18H,5-12,27-28H2,1-2H3. The molecule has 9 heteroatoms. The lowest BCUT2D eigenvalue weighted by Crippen LogP contribution is -2.19. The lowest BCUT2D eigenvalue weighted by atomic mass is 9.89. The third kappa shape index (κ3) is 4.56. The summed E-state index contributed by atoms with van der Waals surface area (Å²) in [6.07, 6.45) is 2.59. The summed E-state index contributed by atoms with van der Waals surface area (Å²) in [5, 5.41) is 0. The van der Waals surface area contributed by atoms with Crippen LogP contribution in [0.4, 0.5) is 11.4 Å². The molecule has 4 aliphatic heterocycles. The van der Waals surface area contributed by atoms with Crippen molar-refractivity contribution in [2.24, 2.45) is 0 Å². The summed E-state index contributed by atoms with van der Waals surface area (Å²) < 4.78 is 50.9. The topological polar surface area (TPSA) is 136 Å². The number of hydrogen-bond acceptors (Lipinski definition) is 8. The van der Waals surface area contributed by atoms with Crippen molar-refractivity contribution in [3.63, 3.8) is 0 Å². The van der Waals surface area contributed by atoms with Gasteiger partial charge in [-0.05, 0) is 59.4 Å². The van der Waals surface area contributed by atoms with Gasteiger partial charge in [-0.1, -0.05) is 0 Å². The normalized spacial score (nSPS) is 26.6. The molecule has 4 fully saturated rings. The van der Waals surface area contributed by atoms with Crippen LogP contribution in [0.5, 0.6) is 0 Å². The van der Waals surface area contributed by atoms with E-state index in [1.165, 1.54) is 0 Å². The van der Waals surface area contributed by atoms with Crippen molar-refractivity contribution in [2.75, 3.05) is 37.9 Å². The minimum absolute atomic E-state index is 0.00864. The summed E-state index contributed by atoms with van der Waals surface area (Å²) >= 11 is 0. The molecule has 0 aromatic heterocycles. The molecule has 4 aliphatic rings. The van der Waals surface area contributed by atoms with E-state index in [1.807, 2.05) is 13.8 Å². The van der Waals surface area contributed by atoms with Crippen molar-refractivity contribution in [3.05, 3.63) is 45.5 Å². The molecule has 0 saturated carbocycles. The van der Waals surface area contributed by atoms with Crippen molar-refractivity contribution in [1.29, 1.82) is 0 Å². The van der Waals surface area contributed by atoms with Crippen molar-refractivity contribution in [2.45, 2.75) is 73.7 Å². The zero-order valence-corrected chi connectivity index (χ0v) is 20.9. The highest BCUT2D eigenvalue weighted by Gasteiger charge is 2.38. The van der Waals surface area contributed by atoms with Crippen LogP contribution in [-0.4, -0.2) is 59.3 Å². The number of nitrogen functional groups attached to an aromatic ring is 2. The maximum Gasteiger partial charge on any atom is 0.207 e. The van der Waals surface area contributed by atoms with Gasteiger partial charge in [0.1, 0.15) is 0 Å². The first-order chi connectivity index (χ1) is 16.7. The van der Waals surface area contributed by atoms with Gasteiger partial charge in [0.05, 0.1) is 60.6 Å².